The van der Waals surface area contributed by atoms with Crippen molar-refractivity contribution in [2.24, 2.45) is 0 Å². The van der Waals surface area contributed by atoms with Gasteiger partial charge in [0, 0.05) is 19.0 Å². The lowest BCUT2D eigenvalue weighted by Gasteiger charge is -2.20. The molecular weight excluding hydrogens is 272 g/mol. The van der Waals surface area contributed by atoms with E-state index >= 15 is 0 Å². The van der Waals surface area contributed by atoms with E-state index < -0.39 is 0 Å². The third kappa shape index (κ3) is 2.64. The first-order valence-corrected chi connectivity index (χ1v) is 7.77. The van der Waals surface area contributed by atoms with E-state index in [1.165, 1.54) is 11.3 Å². The molecule has 1 N–H and O–H groups in total. The van der Waals surface area contributed by atoms with Crippen LogP contribution < -0.4 is 5.32 Å². The molecule has 1 saturated heterocycles. The Morgan fingerprint density at radius 3 is 3.00 bits per heavy atom. The summed E-state index contributed by atoms with van der Waals surface area (Å²) in [5.41, 5.74) is 0.928. The van der Waals surface area contributed by atoms with Crippen LogP contribution >= 0.6 is 11.3 Å². The maximum Gasteiger partial charge on any atom is 0.263 e. The number of thiophene rings is 1. The SMILES string of the molecule is C[C@@H](NC(=O)c1sccc1-n1cccc1)[C@H]1CCCO1. The normalized spacial score (nSPS) is 19.9. The lowest BCUT2D eigenvalue weighted by atomic mass is 10.1. The molecule has 4 nitrogen and oxygen atoms in total. The van der Waals surface area contributed by atoms with Crippen molar-refractivity contribution >= 4 is 17.2 Å². The standard InChI is InChI=1S/C15H18N2O2S/c1-11(13-5-4-9-19-13)16-15(18)14-12(6-10-20-14)17-7-2-3-8-17/h2-3,6-8,10-11,13H,4-5,9H2,1H3,(H,16,18)/t11-,13-/m1/s1. The molecule has 0 unspecified atom stereocenters. The fourth-order valence-corrected chi connectivity index (χ4v) is 3.33. The molecule has 1 fully saturated rings. The average molecular weight is 290 g/mol. The minimum absolute atomic E-state index is 0.0216. The van der Waals surface area contributed by atoms with E-state index in [9.17, 15) is 4.79 Å². The van der Waals surface area contributed by atoms with Crippen LogP contribution in [0.3, 0.4) is 0 Å². The summed E-state index contributed by atoms with van der Waals surface area (Å²) in [7, 11) is 0. The second kappa shape index (κ2) is 5.81. The van der Waals surface area contributed by atoms with Gasteiger partial charge >= 0.3 is 0 Å². The van der Waals surface area contributed by atoms with Crippen molar-refractivity contribution in [1.29, 1.82) is 0 Å². The van der Waals surface area contributed by atoms with Gasteiger partial charge in [-0.2, -0.15) is 0 Å². The molecule has 1 aliphatic rings. The Morgan fingerprint density at radius 2 is 2.30 bits per heavy atom. The average Bonchev–Trinajstić information content (AvgIpc) is 3.19. The molecule has 20 heavy (non-hydrogen) atoms. The van der Waals surface area contributed by atoms with Crippen LogP contribution in [0.4, 0.5) is 0 Å². The van der Waals surface area contributed by atoms with Gasteiger partial charge in [-0.05, 0) is 43.3 Å². The van der Waals surface area contributed by atoms with E-state index in [-0.39, 0.29) is 18.1 Å². The lowest BCUT2D eigenvalue weighted by Crippen LogP contribution is -2.40. The number of nitrogens with one attached hydrogen (secondary N) is 1. The highest BCUT2D eigenvalue weighted by Crippen LogP contribution is 2.22. The predicted molar refractivity (Wildman–Crippen MR) is 79.5 cm³/mol. The van der Waals surface area contributed by atoms with Gasteiger partial charge in [0.05, 0.1) is 17.8 Å². The van der Waals surface area contributed by atoms with Crippen molar-refractivity contribution in [3.8, 4) is 5.69 Å². The third-order valence-corrected chi connectivity index (χ3v) is 4.52. The number of aromatic nitrogens is 1. The highest BCUT2D eigenvalue weighted by Gasteiger charge is 2.25. The molecule has 2 aromatic rings. The molecule has 2 aromatic heterocycles. The van der Waals surface area contributed by atoms with Crippen molar-refractivity contribution in [3.63, 3.8) is 0 Å². The highest BCUT2D eigenvalue weighted by atomic mass is 32.1. The van der Waals surface area contributed by atoms with Crippen molar-refractivity contribution in [2.45, 2.75) is 31.9 Å². The van der Waals surface area contributed by atoms with Gasteiger partial charge < -0.3 is 14.6 Å². The van der Waals surface area contributed by atoms with Crippen LogP contribution in [0.1, 0.15) is 29.4 Å². The van der Waals surface area contributed by atoms with Gasteiger partial charge in [-0.3, -0.25) is 4.79 Å². The Hall–Kier alpha value is -1.59. The maximum absolute atomic E-state index is 12.4. The van der Waals surface area contributed by atoms with Crippen molar-refractivity contribution in [1.82, 2.24) is 9.88 Å². The first kappa shape index (κ1) is 13.4. The summed E-state index contributed by atoms with van der Waals surface area (Å²) >= 11 is 1.47. The topological polar surface area (TPSA) is 43.3 Å². The van der Waals surface area contributed by atoms with E-state index in [1.807, 2.05) is 47.5 Å². The maximum atomic E-state index is 12.4. The van der Waals surface area contributed by atoms with E-state index in [1.54, 1.807) is 0 Å². The molecule has 5 heteroatoms. The molecule has 0 aromatic carbocycles. The van der Waals surface area contributed by atoms with Crippen LogP contribution in [0.2, 0.25) is 0 Å². The molecule has 106 valence electrons. The fraction of sp³-hybridized carbons (Fsp3) is 0.400. The van der Waals surface area contributed by atoms with Crippen LogP contribution in [-0.2, 0) is 4.74 Å². The largest absolute Gasteiger partial charge is 0.376 e. The minimum Gasteiger partial charge on any atom is -0.376 e. The molecule has 0 spiro atoms. The van der Waals surface area contributed by atoms with Gasteiger partial charge in [-0.1, -0.05) is 0 Å². The Labute approximate surface area is 122 Å². The van der Waals surface area contributed by atoms with Gasteiger partial charge in [0.25, 0.3) is 5.91 Å². The van der Waals surface area contributed by atoms with E-state index in [2.05, 4.69) is 5.32 Å². The van der Waals surface area contributed by atoms with Crippen LogP contribution in [0.25, 0.3) is 5.69 Å². The van der Waals surface area contributed by atoms with Crippen molar-refractivity contribution in [2.75, 3.05) is 6.61 Å². The van der Waals surface area contributed by atoms with Crippen LogP contribution in [0, 0.1) is 0 Å². The summed E-state index contributed by atoms with van der Waals surface area (Å²) in [6.07, 6.45) is 6.15. The number of nitrogens with zero attached hydrogens (tertiary/aromatic N) is 1. The van der Waals surface area contributed by atoms with Gasteiger partial charge in [0.15, 0.2) is 0 Å². The highest BCUT2D eigenvalue weighted by molar-refractivity contribution is 7.12. The first-order valence-electron chi connectivity index (χ1n) is 6.89. The number of amides is 1. The van der Waals surface area contributed by atoms with Crippen LogP contribution in [-0.4, -0.2) is 29.2 Å². The van der Waals surface area contributed by atoms with Gasteiger partial charge in [-0.25, -0.2) is 0 Å². The van der Waals surface area contributed by atoms with Gasteiger partial charge in [0.2, 0.25) is 0 Å². The molecule has 2 atom stereocenters. The Kier molecular flexibility index (Phi) is 3.89. The third-order valence-electron chi connectivity index (χ3n) is 3.61. The quantitative estimate of drug-likeness (QED) is 0.941. The summed E-state index contributed by atoms with van der Waals surface area (Å²) in [6.45, 7) is 2.81. The van der Waals surface area contributed by atoms with E-state index in [4.69, 9.17) is 4.74 Å². The predicted octanol–water partition coefficient (Wildman–Crippen LogP) is 2.84. The van der Waals surface area contributed by atoms with E-state index in [0.29, 0.717) is 0 Å². The minimum atomic E-state index is -0.0216. The summed E-state index contributed by atoms with van der Waals surface area (Å²) in [5.74, 6) is -0.0216. The molecule has 3 heterocycles. The number of carbonyl (C=O) groups is 1. The second-order valence-electron chi connectivity index (χ2n) is 5.04. The number of rotatable bonds is 4. The second-order valence-corrected chi connectivity index (χ2v) is 5.96. The zero-order chi connectivity index (χ0) is 13.9. The zero-order valence-electron chi connectivity index (χ0n) is 11.4. The summed E-state index contributed by atoms with van der Waals surface area (Å²) in [4.78, 5) is 13.2. The van der Waals surface area contributed by atoms with Crippen molar-refractivity contribution < 1.29 is 9.53 Å². The Balaban J connectivity index is 1.73. The van der Waals surface area contributed by atoms with Crippen molar-refractivity contribution in [3.05, 3.63) is 40.8 Å². The Morgan fingerprint density at radius 1 is 1.50 bits per heavy atom. The molecule has 3 rings (SSSR count). The Bertz CT molecular complexity index is 570. The number of hydrogen-bond acceptors (Lipinski definition) is 3. The lowest BCUT2D eigenvalue weighted by molar-refractivity contribution is 0.0714. The molecule has 0 radical (unpaired) electrons. The smallest absolute Gasteiger partial charge is 0.263 e. The molecule has 0 saturated carbocycles. The molecular formula is C15H18N2O2S. The molecule has 1 aliphatic heterocycles. The zero-order valence-corrected chi connectivity index (χ0v) is 12.2. The molecule has 1 amide bonds. The number of ether oxygens (including phenoxy) is 1. The molecule has 0 aliphatic carbocycles. The summed E-state index contributed by atoms with van der Waals surface area (Å²) in [5, 5.41) is 5.01. The monoisotopic (exact) mass is 290 g/mol. The van der Waals surface area contributed by atoms with Gasteiger partial charge in [-0.15, -0.1) is 11.3 Å². The first-order chi connectivity index (χ1) is 9.75. The number of carbonyl (C=O) groups excluding carboxylic acids is 1. The van der Waals surface area contributed by atoms with E-state index in [0.717, 1.165) is 30.0 Å². The fourth-order valence-electron chi connectivity index (χ4n) is 2.53. The summed E-state index contributed by atoms with van der Waals surface area (Å²) < 4.78 is 7.58. The van der Waals surface area contributed by atoms with Crippen LogP contribution in [0.15, 0.2) is 36.0 Å². The van der Waals surface area contributed by atoms with Crippen LogP contribution in [0.5, 0.6) is 0 Å². The number of hydrogen-bond donors (Lipinski definition) is 1. The molecule has 0 bridgehead atoms. The van der Waals surface area contributed by atoms with Gasteiger partial charge in [0.1, 0.15) is 4.88 Å². The summed E-state index contributed by atoms with van der Waals surface area (Å²) in [6, 6.07) is 5.92.